The number of anilines is 3. The van der Waals surface area contributed by atoms with Crippen LogP contribution < -0.4 is 10.6 Å². The molecule has 1 atom stereocenters. The predicted molar refractivity (Wildman–Crippen MR) is 109 cm³/mol. The maximum Gasteiger partial charge on any atom is 0.221 e. The largest absolute Gasteiger partial charge is 0.373 e. The van der Waals surface area contributed by atoms with E-state index in [1.165, 1.54) is 16.9 Å². The summed E-state index contributed by atoms with van der Waals surface area (Å²) in [5, 5.41) is 12.7. The number of benzene rings is 1. The second-order valence-corrected chi connectivity index (χ2v) is 7.74. The molecule has 1 unspecified atom stereocenters. The van der Waals surface area contributed by atoms with Crippen molar-refractivity contribution >= 4 is 28.8 Å². The van der Waals surface area contributed by atoms with E-state index in [0.717, 1.165) is 40.5 Å². The topological polar surface area (TPSA) is 75.3 Å². The predicted octanol–water partition coefficient (Wildman–Crippen LogP) is 3.38. The Morgan fingerprint density at radius 3 is 2.89 bits per heavy atom. The van der Waals surface area contributed by atoms with Crippen LogP contribution in [0.25, 0.3) is 0 Å². The summed E-state index contributed by atoms with van der Waals surface area (Å²) >= 11 is 1.52. The fraction of sp³-hybridized carbons (Fsp3) is 0.238. The normalized spacial score (nSPS) is 15.0. The monoisotopic (exact) mass is 376 g/mol. The van der Waals surface area contributed by atoms with Crippen LogP contribution in [0.2, 0.25) is 0 Å². The molecule has 0 radical (unpaired) electrons. The Hall–Kier alpha value is -2.88. The zero-order chi connectivity index (χ0) is 19.0. The molecule has 1 aliphatic heterocycles. The third kappa shape index (κ3) is 3.52. The number of nitrogens with zero attached hydrogens (tertiary/aromatic N) is 3. The molecule has 0 bridgehead atoms. The molecule has 2 aromatic heterocycles. The van der Waals surface area contributed by atoms with Gasteiger partial charge < -0.3 is 15.7 Å². The fourth-order valence-corrected chi connectivity index (χ4v) is 4.07. The zero-order valence-corrected chi connectivity index (χ0v) is 16.0. The van der Waals surface area contributed by atoms with Gasteiger partial charge in [0.05, 0.1) is 0 Å². The number of nitrogens with two attached hydrogens (primary N) is 1. The molecule has 136 valence electrons. The molecular formula is C21H20N4OS. The fourth-order valence-electron chi connectivity index (χ4n) is 3.15. The van der Waals surface area contributed by atoms with Crippen LogP contribution in [0.1, 0.15) is 28.5 Å². The van der Waals surface area contributed by atoms with Crippen molar-refractivity contribution in [3.63, 3.8) is 0 Å². The average molecular weight is 376 g/mol. The molecule has 0 saturated carbocycles. The van der Waals surface area contributed by atoms with E-state index in [9.17, 15) is 5.11 Å². The van der Waals surface area contributed by atoms with Gasteiger partial charge in [-0.25, -0.2) is 4.98 Å². The van der Waals surface area contributed by atoms with Crippen LogP contribution in [0.5, 0.6) is 0 Å². The van der Waals surface area contributed by atoms with Gasteiger partial charge in [0.25, 0.3) is 0 Å². The van der Waals surface area contributed by atoms with Crippen LogP contribution in [0, 0.1) is 18.8 Å². The molecule has 6 heteroatoms. The molecule has 0 saturated heterocycles. The lowest BCUT2D eigenvalue weighted by molar-refractivity contribution is 0.126. The lowest BCUT2D eigenvalue weighted by atomic mass is 10.0. The van der Waals surface area contributed by atoms with Crippen molar-refractivity contribution in [2.45, 2.75) is 25.9 Å². The third-order valence-electron chi connectivity index (χ3n) is 4.58. The van der Waals surface area contributed by atoms with Gasteiger partial charge in [0.15, 0.2) is 5.60 Å². The number of aliphatic hydroxyl groups is 1. The molecule has 0 aliphatic carbocycles. The average Bonchev–Trinajstić information content (AvgIpc) is 3.26. The van der Waals surface area contributed by atoms with E-state index in [1.54, 1.807) is 13.1 Å². The number of rotatable bonds is 2. The summed E-state index contributed by atoms with van der Waals surface area (Å²) in [5.74, 6) is 7.19. The van der Waals surface area contributed by atoms with Crippen molar-refractivity contribution in [3.8, 4) is 11.8 Å². The van der Waals surface area contributed by atoms with Gasteiger partial charge in [-0.15, -0.1) is 11.3 Å². The number of hydrogen-bond donors (Lipinski definition) is 2. The smallest absolute Gasteiger partial charge is 0.221 e. The third-order valence-corrected chi connectivity index (χ3v) is 5.84. The van der Waals surface area contributed by atoms with Crippen molar-refractivity contribution in [2.24, 2.45) is 0 Å². The Bertz CT molecular complexity index is 1060. The van der Waals surface area contributed by atoms with Crippen molar-refractivity contribution in [3.05, 3.63) is 63.5 Å². The van der Waals surface area contributed by atoms with Crippen LogP contribution in [0.3, 0.4) is 0 Å². The van der Waals surface area contributed by atoms with E-state index >= 15 is 0 Å². The van der Waals surface area contributed by atoms with Gasteiger partial charge in [-0.1, -0.05) is 17.9 Å². The summed E-state index contributed by atoms with van der Waals surface area (Å²) in [6.45, 7) is 4.59. The van der Waals surface area contributed by atoms with Gasteiger partial charge in [-0.3, -0.25) is 0 Å². The first kappa shape index (κ1) is 17.5. The maximum atomic E-state index is 10.7. The summed E-state index contributed by atoms with van der Waals surface area (Å²) in [5.41, 5.74) is 8.88. The van der Waals surface area contributed by atoms with E-state index in [1.807, 2.05) is 36.6 Å². The van der Waals surface area contributed by atoms with Gasteiger partial charge in [-0.05, 0) is 61.0 Å². The van der Waals surface area contributed by atoms with Crippen molar-refractivity contribution in [2.75, 3.05) is 17.2 Å². The lowest BCUT2D eigenvalue weighted by Gasteiger charge is -2.18. The molecule has 0 amide bonds. The highest BCUT2D eigenvalue weighted by Crippen LogP contribution is 2.34. The minimum absolute atomic E-state index is 0.263. The molecule has 3 heterocycles. The van der Waals surface area contributed by atoms with E-state index in [0.29, 0.717) is 0 Å². The minimum Gasteiger partial charge on any atom is -0.373 e. The van der Waals surface area contributed by atoms with Crippen LogP contribution in [0.15, 0.2) is 41.9 Å². The van der Waals surface area contributed by atoms with Crippen LogP contribution >= 0.6 is 11.3 Å². The summed E-state index contributed by atoms with van der Waals surface area (Å²) in [7, 11) is 0. The van der Waals surface area contributed by atoms with Gasteiger partial charge >= 0.3 is 0 Å². The second kappa shape index (κ2) is 6.69. The Morgan fingerprint density at radius 2 is 2.15 bits per heavy atom. The quantitative estimate of drug-likeness (QED) is 0.671. The van der Waals surface area contributed by atoms with Crippen molar-refractivity contribution in [1.29, 1.82) is 0 Å². The summed E-state index contributed by atoms with van der Waals surface area (Å²) in [6.07, 6.45) is 2.61. The number of aryl methyl sites for hydroxylation is 1. The molecule has 4 rings (SSSR count). The number of aromatic nitrogens is 2. The number of fused-ring (bicyclic) bond motifs is 1. The zero-order valence-electron chi connectivity index (χ0n) is 15.2. The Kier molecular flexibility index (Phi) is 4.34. The molecule has 3 aromatic rings. The minimum atomic E-state index is -1.17. The van der Waals surface area contributed by atoms with E-state index in [2.05, 4.69) is 32.8 Å². The van der Waals surface area contributed by atoms with Gasteiger partial charge in [-0.2, -0.15) is 4.98 Å². The van der Waals surface area contributed by atoms with Crippen molar-refractivity contribution in [1.82, 2.24) is 9.97 Å². The summed E-state index contributed by atoms with van der Waals surface area (Å²) in [4.78, 5) is 11.3. The van der Waals surface area contributed by atoms with Gasteiger partial charge in [0, 0.05) is 28.9 Å². The molecule has 1 aliphatic rings. The summed E-state index contributed by atoms with van der Waals surface area (Å²) in [6, 6.07) is 9.97. The first-order chi connectivity index (χ1) is 12.9. The SMILES string of the molecule is Cc1csc(C(C)(O)C#Cc2ccc3c(c2)N(c2ccnc(N)n2)CC3)c1. The number of thiophene rings is 1. The molecule has 0 fully saturated rings. The standard InChI is InChI=1S/C21H20N4OS/c1-14-11-18(27-13-14)21(2,26)8-5-15-3-4-16-7-10-25(17(16)12-15)19-6-9-23-20(22)24-19/h3-4,6,9,11-13,26H,7,10H2,1-2H3,(H2,22,23,24). The molecule has 5 nitrogen and oxygen atoms in total. The maximum absolute atomic E-state index is 10.7. The molecule has 3 N–H and O–H groups in total. The Morgan fingerprint density at radius 1 is 1.30 bits per heavy atom. The highest BCUT2D eigenvalue weighted by Gasteiger charge is 2.23. The first-order valence-corrected chi connectivity index (χ1v) is 9.60. The van der Waals surface area contributed by atoms with Gasteiger partial charge in [0.2, 0.25) is 5.95 Å². The van der Waals surface area contributed by atoms with E-state index in [4.69, 9.17) is 5.73 Å². The number of hydrogen-bond acceptors (Lipinski definition) is 6. The van der Waals surface area contributed by atoms with Crippen LogP contribution in [-0.4, -0.2) is 21.6 Å². The molecule has 1 aromatic carbocycles. The van der Waals surface area contributed by atoms with Crippen LogP contribution in [-0.2, 0) is 12.0 Å². The second-order valence-electron chi connectivity index (χ2n) is 6.83. The molecule has 0 spiro atoms. The Labute approximate surface area is 162 Å². The lowest BCUT2D eigenvalue weighted by Crippen LogP contribution is -2.16. The van der Waals surface area contributed by atoms with Crippen molar-refractivity contribution < 1.29 is 5.11 Å². The Balaban J connectivity index is 1.65. The summed E-state index contributed by atoms with van der Waals surface area (Å²) < 4.78 is 0. The molecular weight excluding hydrogens is 356 g/mol. The highest BCUT2D eigenvalue weighted by molar-refractivity contribution is 7.10. The molecule has 27 heavy (non-hydrogen) atoms. The van der Waals surface area contributed by atoms with Crippen LogP contribution in [0.4, 0.5) is 17.5 Å². The highest BCUT2D eigenvalue weighted by atomic mass is 32.1. The first-order valence-electron chi connectivity index (χ1n) is 8.72. The van der Waals surface area contributed by atoms with E-state index < -0.39 is 5.60 Å². The van der Waals surface area contributed by atoms with Gasteiger partial charge in [0.1, 0.15) is 5.82 Å². The number of nitrogen functional groups attached to an aromatic ring is 1. The van der Waals surface area contributed by atoms with E-state index in [-0.39, 0.29) is 5.95 Å².